The van der Waals surface area contributed by atoms with Crippen LogP contribution in [0.15, 0.2) is 18.3 Å². The zero-order valence-corrected chi connectivity index (χ0v) is 11.7. The molecule has 1 saturated heterocycles. The molecule has 1 aliphatic heterocycles. The Morgan fingerprint density at radius 1 is 1.53 bits per heavy atom. The van der Waals surface area contributed by atoms with Crippen LogP contribution in [0.3, 0.4) is 0 Å². The molecule has 2 rings (SSSR count). The minimum atomic E-state index is -3.01. The molecular weight excluding hydrogens is 264 g/mol. The zero-order valence-electron chi connectivity index (χ0n) is 10.9. The third kappa shape index (κ3) is 3.53. The van der Waals surface area contributed by atoms with E-state index < -0.39 is 9.84 Å². The van der Waals surface area contributed by atoms with Gasteiger partial charge in [0.05, 0.1) is 11.5 Å². The monoisotopic (exact) mass is 282 g/mol. The molecule has 1 atom stereocenters. The number of nitrogens with zero attached hydrogens (tertiary/aromatic N) is 1. The van der Waals surface area contributed by atoms with Gasteiger partial charge in [-0.15, -0.1) is 0 Å². The number of nitrogens with one attached hydrogen (secondary N) is 1. The van der Waals surface area contributed by atoms with E-state index in [0.29, 0.717) is 18.5 Å². The summed E-state index contributed by atoms with van der Waals surface area (Å²) in [6, 6.07) is 3.36. The Bertz CT molecular complexity index is 569. The van der Waals surface area contributed by atoms with Gasteiger partial charge in [-0.3, -0.25) is 9.78 Å². The van der Waals surface area contributed by atoms with Gasteiger partial charge in [-0.25, -0.2) is 8.42 Å². The molecule has 6 heteroatoms. The molecule has 0 saturated carbocycles. The summed E-state index contributed by atoms with van der Waals surface area (Å²) < 4.78 is 23.1. The molecule has 2 heterocycles. The average molecular weight is 282 g/mol. The molecule has 1 amide bonds. The van der Waals surface area contributed by atoms with Gasteiger partial charge in [0.2, 0.25) is 0 Å². The largest absolute Gasteiger partial charge is 0.347 e. The van der Waals surface area contributed by atoms with E-state index in [1.165, 1.54) is 0 Å². The van der Waals surface area contributed by atoms with Gasteiger partial charge >= 0.3 is 0 Å². The van der Waals surface area contributed by atoms with Crippen LogP contribution in [0.5, 0.6) is 0 Å². The highest BCUT2D eigenvalue weighted by Crippen LogP contribution is 2.13. The molecule has 0 aliphatic carbocycles. The van der Waals surface area contributed by atoms with Gasteiger partial charge in [-0.1, -0.05) is 13.0 Å². The van der Waals surface area contributed by atoms with Crippen LogP contribution in [0, 0.1) is 0 Å². The van der Waals surface area contributed by atoms with E-state index in [2.05, 4.69) is 10.3 Å². The normalized spacial score (nSPS) is 21.8. The van der Waals surface area contributed by atoms with Gasteiger partial charge < -0.3 is 5.32 Å². The Balaban J connectivity index is 2.09. The number of aryl methyl sites for hydroxylation is 1. The first-order valence-electron chi connectivity index (χ1n) is 6.47. The number of hydrogen-bond donors (Lipinski definition) is 1. The molecular formula is C13H18N2O3S. The van der Waals surface area contributed by atoms with Crippen molar-refractivity contribution in [2.45, 2.75) is 32.2 Å². The van der Waals surface area contributed by atoms with Gasteiger partial charge in [0.25, 0.3) is 5.91 Å². The topological polar surface area (TPSA) is 76.1 Å². The number of rotatable bonds is 3. The number of carbonyl (C=O) groups excluding carboxylic acids is 1. The second-order valence-electron chi connectivity index (χ2n) is 4.79. The summed E-state index contributed by atoms with van der Waals surface area (Å²) in [6.45, 7) is 1.96. The fourth-order valence-electron chi connectivity index (χ4n) is 2.32. The van der Waals surface area contributed by atoms with E-state index in [9.17, 15) is 13.2 Å². The maximum Gasteiger partial charge on any atom is 0.270 e. The van der Waals surface area contributed by atoms with E-state index >= 15 is 0 Å². The molecule has 1 N–H and O–H groups in total. The van der Waals surface area contributed by atoms with E-state index in [4.69, 9.17) is 0 Å². The average Bonchev–Trinajstić information content (AvgIpc) is 2.37. The molecule has 104 valence electrons. The summed E-state index contributed by atoms with van der Waals surface area (Å²) in [5, 5.41) is 2.78. The van der Waals surface area contributed by atoms with Gasteiger partial charge in [0.1, 0.15) is 5.69 Å². The summed E-state index contributed by atoms with van der Waals surface area (Å²) in [5.74, 6) is -0.0181. The van der Waals surface area contributed by atoms with E-state index in [1.54, 1.807) is 12.3 Å². The molecule has 0 aromatic carbocycles. The maximum absolute atomic E-state index is 12.1. The van der Waals surface area contributed by atoms with Crippen LogP contribution in [-0.4, -0.2) is 36.9 Å². The molecule has 5 nitrogen and oxygen atoms in total. The van der Waals surface area contributed by atoms with Gasteiger partial charge in [0.15, 0.2) is 9.84 Å². The highest BCUT2D eigenvalue weighted by molar-refractivity contribution is 7.91. The Morgan fingerprint density at radius 2 is 2.32 bits per heavy atom. The fraction of sp³-hybridized carbons (Fsp3) is 0.538. The predicted molar refractivity (Wildman–Crippen MR) is 72.8 cm³/mol. The molecule has 0 spiro atoms. The summed E-state index contributed by atoms with van der Waals surface area (Å²) in [5.41, 5.74) is 1.27. The summed E-state index contributed by atoms with van der Waals surface area (Å²) in [6.07, 6.45) is 3.61. The highest BCUT2D eigenvalue weighted by atomic mass is 32.2. The zero-order chi connectivity index (χ0) is 13.9. The van der Waals surface area contributed by atoms with Crippen molar-refractivity contribution in [3.63, 3.8) is 0 Å². The van der Waals surface area contributed by atoms with Crippen LogP contribution >= 0.6 is 0 Å². The quantitative estimate of drug-likeness (QED) is 0.895. The smallest absolute Gasteiger partial charge is 0.270 e. The fourth-order valence-corrected chi connectivity index (χ4v) is 3.95. The van der Waals surface area contributed by atoms with Crippen molar-refractivity contribution in [3.05, 3.63) is 29.6 Å². The lowest BCUT2D eigenvalue weighted by molar-refractivity contribution is 0.0932. The molecule has 19 heavy (non-hydrogen) atoms. The summed E-state index contributed by atoms with van der Waals surface area (Å²) >= 11 is 0. The summed E-state index contributed by atoms with van der Waals surface area (Å²) in [4.78, 5) is 16.2. The lowest BCUT2D eigenvalue weighted by Gasteiger charge is -2.23. The maximum atomic E-state index is 12.1. The number of pyridine rings is 1. The van der Waals surface area contributed by atoms with Crippen LogP contribution in [0.1, 0.15) is 35.8 Å². The lowest BCUT2D eigenvalue weighted by atomic mass is 10.1. The van der Waals surface area contributed by atoms with Crippen LogP contribution in [0.25, 0.3) is 0 Å². The van der Waals surface area contributed by atoms with Crippen molar-refractivity contribution in [1.82, 2.24) is 10.3 Å². The Kier molecular flexibility index (Phi) is 4.19. The molecule has 1 unspecified atom stereocenters. The molecule has 0 bridgehead atoms. The first kappa shape index (κ1) is 14.0. The van der Waals surface area contributed by atoms with E-state index in [-0.39, 0.29) is 23.5 Å². The molecule has 1 aliphatic rings. The van der Waals surface area contributed by atoms with Crippen LogP contribution in [0.4, 0.5) is 0 Å². The molecule has 1 aromatic rings. The minimum absolute atomic E-state index is 0.0348. The van der Waals surface area contributed by atoms with Gasteiger partial charge in [0, 0.05) is 12.2 Å². The van der Waals surface area contributed by atoms with Crippen LogP contribution in [0.2, 0.25) is 0 Å². The third-order valence-electron chi connectivity index (χ3n) is 3.29. The minimum Gasteiger partial charge on any atom is -0.347 e. The van der Waals surface area contributed by atoms with Gasteiger partial charge in [-0.2, -0.15) is 0 Å². The van der Waals surface area contributed by atoms with Crippen LogP contribution < -0.4 is 5.32 Å². The lowest BCUT2D eigenvalue weighted by Crippen LogP contribution is -2.43. The van der Waals surface area contributed by atoms with Gasteiger partial charge in [-0.05, 0) is 30.9 Å². The number of carbonyl (C=O) groups is 1. The van der Waals surface area contributed by atoms with Crippen LogP contribution in [-0.2, 0) is 16.3 Å². The molecule has 0 radical (unpaired) electrons. The Labute approximate surface area is 113 Å². The Hall–Kier alpha value is -1.43. The first-order chi connectivity index (χ1) is 9.02. The van der Waals surface area contributed by atoms with E-state index in [0.717, 1.165) is 12.0 Å². The molecule has 1 fully saturated rings. The van der Waals surface area contributed by atoms with Crippen molar-refractivity contribution >= 4 is 15.7 Å². The standard InChI is InChI=1S/C13H18N2O3S/c1-2-10-5-3-7-14-12(10)13(16)15-11-6-4-8-19(17,18)9-11/h3,5,7,11H,2,4,6,8-9H2,1H3,(H,15,16). The van der Waals surface area contributed by atoms with E-state index in [1.807, 2.05) is 13.0 Å². The van der Waals surface area contributed by atoms with Crippen molar-refractivity contribution in [2.75, 3.05) is 11.5 Å². The van der Waals surface area contributed by atoms with Crippen molar-refractivity contribution in [3.8, 4) is 0 Å². The second-order valence-corrected chi connectivity index (χ2v) is 7.02. The van der Waals surface area contributed by atoms with Crippen molar-refractivity contribution in [2.24, 2.45) is 0 Å². The van der Waals surface area contributed by atoms with Crippen molar-refractivity contribution < 1.29 is 13.2 Å². The molecule has 1 aromatic heterocycles. The first-order valence-corrected chi connectivity index (χ1v) is 8.29. The number of hydrogen-bond acceptors (Lipinski definition) is 4. The second kappa shape index (κ2) is 5.69. The number of aromatic nitrogens is 1. The summed E-state index contributed by atoms with van der Waals surface area (Å²) in [7, 11) is -3.01. The van der Waals surface area contributed by atoms with Crippen molar-refractivity contribution in [1.29, 1.82) is 0 Å². The Morgan fingerprint density at radius 3 is 3.00 bits per heavy atom. The number of amides is 1. The third-order valence-corrected chi connectivity index (χ3v) is 5.11. The predicted octanol–water partition coefficient (Wildman–Crippen LogP) is 0.951. The highest BCUT2D eigenvalue weighted by Gasteiger charge is 2.26. The number of sulfone groups is 1. The SMILES string of the molecule is CCc1cccnc1C(=O)NC1CCCS(=O)(=O)C1.